The van der Waals surface area contributed by atoms with Gasteiger partial charge in [0.15, 0.2) is 0 Å². The summed E-state index contributed by atoms with van der Waals surface area (Å²) in [5.41, 5.74) is 1.21. The normalized spacial score (nSPS) is 11.0. The molecule has 0 aromatic heterocycles. The van der Waals surface area contributed by atoms with Gasteiger partial charge < -0.3 is 10.7 Å². The maximum Gasteiger partial charge on any atom is 0.389 e. The first-order valence-corrected chi connectivity index (χ1v) is 5.85. The van der Waals surface area contributed by atoms with E-state index < -0.39 is 29.1 Å². The summed E-state index contributed by atoms with van der Waals surface area (Å²) in [7, 11) is 0. The molecule has 21 heavy (non-hydrogen) atoms. The largest absolute Gasteiger partial charge is 0.389 e. The summed E-state index contributed by atoms with van der Waals surface area (Å²) in [6.07, 6.45) is -5.66. The number of nitrogens with one attached hydrogen (secondary N) is 2. The number of halogens is 3. The number of carbonyl (C=O) groups excluding carboxylic acids is 1. The fourth-order valence-corrected chi connectivity index (χ4v) is 1.63. The topological polar surface area (TPSA) is 110 Å². The van der Waals surface area contributed by atoms with Gasteiger partial charge in [0.25, 0.3) is 5.91 Å². The van der Waals surface area contributed by atoms with Crippen LogP contribution < -0.4 is 16.6 Å². The van der Waals surface area contributed by atoms with Crippen LogP contribution in [0.5, 0.6) is 0 Å². The van der Waals surface area contributed by atoms with Crippen molar-refractivity contribution >= 4 is 17.3 Å². The van der Waals surface area contributed by atoms with E-state index in [1.165, 1.54) is 18.2 Å². The fraction of sp³-hybridized carbons (Fsp3) is 0.364. The zero-order valence-corrected chi connectivity index (χ0v) is 10.7. The van der Waals surface area contributed by atoms with Crippen LogP contribution >= 0.6 is 0 Å². The molecular weight excluding hydrogens is 293 g/mol. The number of nitro benzene ring substituents is 1. The van der Waals surface area contributed by atoms with Crippen LogP contribution in [-0.4, -0.2) is 23.6 Å². The molecule has 0 aliphatic carbocycles. The standard InChI is InChI=1S/C11H13F3N4O3/c12-11(13,14)5-2-6-16-10(19)7-3-1-4-8(17-15)9(7)18(20)21/h1,3-4,17H,2,5-6,15H2,(H,16,19). The lowest BCUT2D eigenvalue weighted by Gasteiger charge is -2.09. The lowest BCUT2D eigenvalue weighted by Crippen LogP contribution is -2.26. The summed E-state index contributed by atoms with van der Waals surface area (Å²) in [5.74, 6) is 4.28. The van der Waals surface area contributed by atoms with Crippen molar-refractivity contribution in [2.24, 2.45) is 5.84 Å². The van der Waals surface area contributed by atoms with E-state index in [-0.39, 0.29) is 24.2 Å². The van der Waals surface area contributed by atoms with E-state index in [1.807, 2.05) is 0 Å². The Hall–Kier alpha value is -2.36. The number of nitrogen functional groups attached to an aromatic ring is 1. The zero-order valence-electron chi connectivity index (χ0n) is 10.7. The van der Waals surface area contributed by atoms with Crippen LogP contribution in [0.2, 0.25) is 0 Å². The van der Waals surface area contributed by atoms with Gasteiger partial charge in [0.2, 0.25) is 0 Å². The molecule has 0 aliphatic heterocycles. The molecule has 7 nitrogen and oxygen atoms in total. The summed E-state index contributed by atoms with van der Waals surface area (Å²) in [6.45, 7) is -0.240. The summed E-state index contributed by atoms with van der Waals surface area (Å²) in [4.78, 5) is 22.0. The van der Waals surface area contributed by atoms with Gasteiger partial charge in [0.05, 0.1) is 4.92 Å². The van der Waals surface area contributed by atoms with Crippen molar-refractivity contribution in [1.29, 1.82) is 0 Å². The Morgan fingerprint density at radius 3 is 2.57 bits per heavy atom. The number of rotatable bonds is 6. The average Bonchev–Trinajstić information content (AvgIpc) is 2.41. The van der Waals surface area contributed by atoms with Crippen molar-refractivity contribution in [3.63, 3.8) is 0 Å². The molecule has 0 unspecified atom stereocenters. The summed E-state index contributed by atoms with van der Waals surface area (Å²) < 4.78 is 35.8. The molecule has 0 saturated carbocycles. The Bertz CT molecular complexity index is 534. The number of hydrogen-bond acceptors (Lipinski definition) is 5. The molecule has 0 heterocycles. The molecule has 1 rings (SSSR count). The van der Waals surface area contributed by atoms with Crippen molar-refractivity contribution in [2.45, 2.75) is 19.0 Å². The summed E-state index contributed by atoms with van der Waals surface area (Å²) in [6, 6.07) is 3.86. The van der Waals surface area contributed by atoms with E-state index in [9.17, 15) is 28.1 Å². The van der Waals surface area contributed by atoms with Crippen LogP contribution in [0.25, 0.3) is 0 Å². The maximum atomic E-state index is 11.9. The Morgan fingerprint density at radius 1 is 1.38 bits per heavy atom. The van der Waals surface area contributed by atoms with Crippen molar-refractivity contribution < 1.29 is 22.9 Å². The third kappa shape index (κ3) is 4.91. The zero-order chi connectivity index (χ0) is 16.0. The monoisotopic (exact) mass is 306 g/mol. The lowest BCUT2D eigenvalue weighted by molar-refractivity contribution is -0.384. The van der Waals surface area contributed by atoms with E-state index in [4.69, 9.17) is 5.84 Å². The van der Waals surface area contributed by atoms with E-state index in [2.05, 4.69) is 10.7 Å². The predicted octanol–water partition coefficient (Wildman–Crippen LogP) is 1.95. The van der Waals surface area contributed by atoms with Crippen LogP contribution in [0.4, 0.5) is 24.5 Å². The highest BCUT2D eigenvalue weighted by molar-refractivity contribution is 6.00. The molecule has 0 spiro atoms. The number of hydrogen-bond donors (Lipinski definition) is 3. The van der Waals surface area contributed by atoms with Gasteiger partial charge in [-0.05, 0) is 18.6 Å². The highest BCUT2D eigenvalue weighted by atomic mass is 19.4. The number of amides is 1. The molecule has 0 radical (unpaired) electrons. The van der Waals surface area contributed by atoms with Crippen LogP contribution in [0.15, 0.2) is 18.2 Å². The average molecular weight is 306 g/mol. The second-order valence-corrected chi connectivity index (χ2v) is 4.08. The SMILES string of the molecule is NNc1cccc(C(=O)NCCCC(F)(F)F)c1[N+](=O)[O-]. The lowest BCUT2D eigenvalue weighted by atomic mass is 10.1. The quantitative estimate of drug-likeness (QED) is 0.322. The van der Waals surface area contributed by atoms with Gasteiger partial charge in [0.1, 0.15) is 11.3 Å². The third-order valence-electron chi connectivity index (χ3n) is 2.54. The molecule has 0 bridgehead atoms. The number of nitrogens with two attached hydrogens (primary N) is 1. The molecule has 1 aromatic carbocycles. The van der Waals surface area contributed by atoms with Crippen molar-refractivity contribution in [3.8, 4) is 0 Å². The molecule has 0 atom stereocenters. The first-order chi connectivity index (χ1) is 9.76. The first-order valence-electron chi connectivity index (χ1n) is 5.85. The van der Waals surface area contributed by atoms with Crippen molar-refractivity contribution in [1.82, 2.24) is 5.32 Å². The molecule has 10 heteroatoms. The molecule has 1 amide bonds. The van der Waals surface area contributed by atoms with Crippen molar-refractivity contribution in [2.75, 3.05) is 12.0 Å². The Morgan fingerprint density at radius 2 is 2.05 bits per heavy atom. The van der Waals surface area contributed by atoms with Gasteiger partial charge in [-0.1, -0.05) is 6.07 Å². The number of alkyl halides is 3. The molecule has 0 saturated heterocycles. The number of benzene rings is 1. The molecule has 116 valence electrons. The third-order valence-corrected chi connectivity index (χ3v) is 2.54. The number of carbonyl (C=O) groups is 1. The number of anilines is 1. The van der Waals surface area contributed by atoms with E-state index in [0.29, 0.717) is 0 Å². The Kier molecular flexibility index (Phi) is 5.47. The number of para-hydroxylation sites is 1. The fourth-order valence-electron chi connectivity index (χ4n) is 1.63. The highest BCUT2D eigenvalue weighted by Crippen LogP contribution is 2.27. The van der Waals surface area contributed by atoms with Gasteiger partial charge in [0, 0.05) is 13.0 Å². The van der Waals surface area contributed by atoms with Gasteiger partial charge >= 0.3 is 11.9 Å². The minimum absolute atomic E-state index is 0.0667. The Labute approximate surface area is 117 Å². The van der Waals surface area contributed by atoms with Gasteiger partial charge in [-0.3, -0.25) is 20.8 Å². The summed E-state index contributed by atoms with van der Waals surface area (Å²) in [5, 5.41) is 13.2. The molecule has 0 fully saturated rings. The predicted molar refractivity (Wildman–Crippen MR) is 68.5 cm³/mol. The first kappa shape index (κ1) is 16.7. The van der Waals surface area contributed by atoms with E-state index in [1.54, 1.807) is 0 Å². The smallest absolute Gasteiger partial charge is 0.352 e. The van der Waals surface area contributed by atoms with Gasteiger partial charge in [-0.25, -0.2) is 0 Å². The Balaban J connectivity index is 2.77. The number of nitrogens with zero attached hydrogens (tertiary/aromatic N) is 1. The van der Waals surface area contributed by atoms with Gasteiger partial charge in [-0.15, -0.1) is 0 Å². The van der Waals surface area contributed by atoms with Crippen LogP contribution in [0.1, 0.15) is 23.2 Å². The minimum atomic E-state index is -4.31. The van der Waals surface area contributed by atoms with Gasteiger partial charge in [-0.2, -0.15) is 13.2 Å². The van der Waals surface area contributed by atoms with E-state index in [0.717, 1.165) is 0 Å². The minimum Gasteiger partial charge on any atom is -0.352 e. The molecular formula is C11H13F3N4O3. The number of nitro groups is 1. The van der Waals surface area contributed by atoms with Crippen LogP contribution in [0.3, 0.4) is 0 Å². The molecule has 4 N–H and O–H groups in total. The molecule has 1 aromatic rings. The van der Waals surface area contributed by atoms with Crippen molar-refractivity contribution in [3.05, 3.63) is 33.9 Å². The summed E-state index contributed by atoms with van der Waals surface area (Å²) >= 11 is 0. The maximum absolute atomic E-state index is 11.9. The second-order valence-electron chi connectivity index (χ2n) is 4.08. The second kappa shape index (κ2) is 6.88. The van der Waals surface area contributed by atoms with E-state index >= 15 is 0 Å². The van der Waals surface area contributed by atoms with Crippen LogP contribution in [-0.2, 0) is 0 Å². The highest BCUT2D eigenvalue weighted by Gasteiger charge is 2.27. The van der Waals surface area contributed by atoms with Crippen LogP contribution in [0, 0.1) is 10.1 Å². The number of hydrazine groups is 1. The molecule has 0 aliphatic rings.